The van der Waals surface area contributed by atoms with Crippen molar-refractivity contribution in [2.24, 2.45) is 0 Å². The Labute approximate surface area is 282 Å². The summed E-state index contributed by atoms with van der Waals surface area (Å²) in [5.41, 5.74) is 9.74. The van der Waals surface area contributed by atoms with E-state index < -0.39 is 11.9 Å². The topological polar surface area (TPSA) is 111 Å². The number of aromatic nitrogens is 4. The number of carbonyl (C=O) groups excluding carboxylic acids is 2. The highest BCUT2D eigenvalue weighted by molar-refractivity contribution is 5.93. The Balaban J connectivity index is 1.01. The van der Waals surface area contributed by atoms with Crippen LogP contribution < -0.4 is 19.3 Å². The van der Waals surface area contributed by atoms with Gasteiger partial charge in [0.1, 0.15) is 11.5 Å². The van der Waals surface area contributed by atoms with Crippen LogP contribution in [0.1, 0.15) is 43.0 Å². The number of benzene rings is 2. The number of carbonyl (C=O) groups is 2. The first-order chi connectivity index (χ1) is 23.9. The maximum absolute atomic E-state index is 13.2. The van der Waals surface area contributed by atoms with Crippen LogP contribution in [0.3, 0.4) is 0 Å². The summed E-state index contributed by atoms with van der Waals surface area (Å²) in [6.07, 6.45) is 6.56. The molecule has 0 amide bonds. The summed E-state index contributed by atoms with van der Waals surface area (Å²) in [7, 11) is 0. The highest BCUT2D eigenvalue weighted by Gasteiger charge is 2.33. The van der Waals surface area contributed by atoms with E-state index in [4.69, 9.17) is 9.47 Å². The van der Waals surface area contributed by atoms with E-state index >= 15 is 0 Å². The average Bonchev–Trinajstić information content (AvgIpc) is 3.12. The van der Waals surface area contributed by atoms with E-state index in [-0.39, 0.29) is 0 Å². The number of fused-ring (bicyclic) bond motifs is 6. The third kappa shape index (κ3) is 5.84. The smallest absolute Gasteiger partial charge is 0.343 e. The zero-order valence-corrected chi connectivity index (χ0v) is 26.8. The lowest BCUT2D eigenvalue weighted by molar-refractivity contribution is 0.0725. The number of ether oxygens (including phenoxy) is 2. The van der Waals surface area contributed by atoms with E-state index in [0.29, 0.717) is 58.5 Å². The van der Waals surface area contributed by atoms with Crippen LogP contribution in [-0.4, -0.2) is 38.5 Å². The van der Waals surface area contributed by atoms with E-state index in [1.165, 1.54) is 0 Å². The molecule has 0 aliphatic carbocycles. The highest BCUT2D eigenvalue weighted by Crippen LogP contribution is 2.43. The van der Waals surface area contributed by atoms with Gasteiger partial charge in [0.25, 0.3) is 0 Å². The van der Waals surface area contributed by atoms with Crippen molar-refractivity contribution in [2.75, 3.05) is 16.5 Å². The van der Waals surface area contributed by atoms with Gasteiger partial charge in [0.2, 0.25) is 0 Å². The van der Waals surface area contributed by atoms with Crippen molar-refractivity contribution in [2.45, 2.75) is 26.9 Å². The molecular formula is C39H30N6O4. The standard InChI is InChI=1S/C39H30N6O4/c1-24-15-30(48-38(46)26-9-13-42-34(19-26)32-7-3-5-11-40-32)17-28-21-45-23-44(36(24)28)22-29-18-31(16-25(2)37(29)45)49-39(47)27-10-14-43-35(20-27)33-8-4-6-12-41-33/h3-20H,21-23H2,1-2H3. The second-order valence-electron chi connectivity index (χ2n) is 12.1. The average molecular weight is 647 g/mol. The van der Waals surface area contributed by atoms with Crippen LogP contribution in [0.4, 0.5) is 11.4 Å². The highest BCUT2D eigenvalue weighted by atomic mass is 16.5. The molecule has 0 radical (unpaired) electrons. The Morgan fingerprint density at radius 2 is 1.00 bits per heavy atom. The minimum Gasteiger partial charge on any atom is -0.423 e. The first kappa shape index (κ1) is 29.9. The number of anilines is 2. The molecule has 2 aliphatic heterocycles. The van der Waals surface area contributed by atoms with Crippen molar-refractivity contribution in [3.63, 3.8) is 0 Å². The van der Waals surface area contributed by atoms with Crippen molar-refractivity contribution in [1.29, 1.82) is 0 Å². The molecule has 8 rings (SSSR count). The predicted octanol–water partition coefficient (Wildman–Crippen LogP) is 6.95. The maximum atomic E-state index is 13.2. The molecule has 0 saturated carbocycles. The molecule has 2 bridgehead atoms. The SMILES string of the molecule is Cc1cc(OC(=O)c2ccnc(-c3ccccn3)c2)cc2c1N1Cc3cc(OC(=O)c4ccnc(-c5ccccn5)c4)cc(C)c3N(C2)C1. The van der Waals surface area contributed by atoms with E-state index in [1.807, 2.05) is 74.5 Å². The lowest BCUT2D eigenvalue weighted by atomic mass is 9.96. The van der Waals surface area contributed by atoms with Crippen molar-refractivity contribution < 1.29 is 19.1 Å². The molecule has 6 aromatic rings. The minimum atomic E-state index is -0.460. The lowest BCUT2D eigenvalue weighted by Gasteiger charge is -2.46. The monoisotopic (exact) mass is 646 g/mol. The zero-order chi connectivity index (χ0) is 33.5. The van der Waals surface area contributed by atoms with E-state index in [9.17, 15) is 9.59 Å². The van der Waals surface area contributed by atoms with Crippen LogP contribution in [0.15, 0.2) is 110 Å². The van der Waals surface area contributed by atoms with Crippen LogP contribution in [0, 0.1) is 13.8 Å². The molecule has 10 nitrogen and oxygen atoms in total. The summed E-state index contributed by atoms with van der Waals surface area (Å²) in [6.45, 7) is 6.06. The largest absolute Gasteiger partial charge is 0.423 e. The lowest BCUT2D eigenvalue weighted by Crippen LogP contribution is -2.46. The van der Waals surface area contributed by atoms with Crippen LogP contribution in [0.25, 0.3) is 22.8 Å². The number of aryl methyl sites for hydroxylation is 2. The summed E-state index contributed by atoms with van der Waals surface area (Å²) >= 11 is 0. The van der Waals surface area contributed by atoms with Gasteiger partial charge in [-0.3, -0.25) is 19.9 Å². The first-order valence-electron chi connectivity index (χ1n) is 15.9. The van der Waals surface area contributed by atoms with Gasteiger partial charge in [-0.05, 0) is 109 Å². The fourth-order valence-corrected chi connectivity index (χ4v) is 6.67. The maximum Gasteiger partial charge on any atom is 0.343 e. The van der Waals surface area contributed by atoms with E-state index in [0.717, 1.165) is 40.3 Å². The summed E-state index contributed by atoms with van der Waals surface area (Å²) in [5, 5.41) is 0. The number of pyridine rings is 4. The Hall–Kier alpha value is -6.42. The molecule has 2 aromatic carbocycles. The van der Waals surface area contributed by atoms with Gasteiger partial charge in [-0.2, -0.15) is 0 Å². The summed E-state index contributed by atoms with van der Waals surface area (Å²) in [4.78, 5) is 48.5. The Bertz CT molecular complexity index is 2080. The molecule has 0 unspecified atom stereocenters. The molecule has 49 heavy (non-hydrogen) atoms. The molecule has 0 saturated heterocycles. The van der Waals surface area contributed by atoms with Crippen LogP contribution in [0.5, 0.6) is 11.5 Å². The van der Waals surface area contributed by atoms with Crippen molar-refractivity contribution in [1.82, 2.24) is 19.9 Å². The van der Waals surface area contributed by atoms with Gasteiger partial charge in [0.05, 0.1) is 40.6 Å². The van der Waals surface area contributed by atoms with Gasteiger partial charge in [0, 0.05) is 49.3 Å². The third-order valence-corrected chi connectivity index (χ3v) is 8.67. The van der Waals surface area contributed by atoms with Crippen molar-refractivity contribution in [3.8, 4) is 34.3 Å². The molecular weight excluding hydrogens is 616 g/mol. The van der Waals surface area contributed by atoms with E-state index in [2.05, 4.69) is 29.7 Å². The van der Waals surface area contributed by atoms with Gasteiger partial charge >= 0.3 is 11.9 Å². The predicted molar refractivity (Wildman–Crippen MR) is 184 cm³/mol. The number of nitrogens with zero attached hydrogens (tertiary/aromatic N) is 6. The van der Waals surface area contributed by atoms with Gasteiger partial charge in [-0.1, -0.05) is 12.1 Å². The molecule has 0 N–H and O–H groups in total. The van der Waals surface area contributed by atoms with Crippen molar-refractivity contribution >= 4 is 23.3 Å². The van der Waals surface area contributed by atoms with Gasteiger partial charge in [-0.15, -0.1) is 0 Å². The Kier molecular flexibility index (Phi) is 7.52. The van der Waals surface area contributed by atoms with Crippen LogP contribution in [-0.2, 0) is 13.1 Å². The Morgan fingerprint density at radius 1 is 0.551 bits per heavy atom. The fourth-order valence-electron chi connectivity index (χ4n) is 6.67. The molecule has 0 spiro atoms. The summed E-state index contributed by atoms with van der Waals surface area (Å²) in [5.74, 6) is 0.0553. The Morgan fingerprint density at radius 3 is 1.43 bits per heavy atom. The van der Waals surface area contributed by atoms with Crippen LogP contribution in [0.2, 0.25) is 0 Å². The molecule has 6 heterocycles. The normalized spacial score (nSPS) is 12.9. The molecule has 0 atom stereocenters. The minimum absolute atomic E-state index is 0.397. The van der Waals surface area contributed by atoms with Gasteiger partial charge in [-0.25, -0.2) is 9.59 Å². The summed E-state index contributed by atoms with van der Waals surface area (Å²) < 4.78 is 11.8. The van der Waals surface area contributed by atoms with Gasteiger partial charge < -0.3 is 19.3 Å². The molecule has 10 heteroatoms. The van der Waals surface area contributed by atoms with E-state index in [1.54, 1.807) is 49.1 Å². The molecule has 240 valence electrons. The molecule has 0 fully saturated rings. The quantitative estimate of drug-likeness (QED) is 0.139. The number of esters is 2. The third-order valence-electron chi connectivity index (χ3n) is 8.67. The second kappa shape index (κ2) is 12.3. The fraction of sp³-hybridized carbons (Fsp3) is 0.128. The van der Waals surface area contributed by atoms with Crippen LogP contribution >= 0.6 is 0 Å². The number of hydrogen-bond donors (Lipinski definition) is 0. The van der Waals surface area contributed by atoms with Crippen molar-refractivity contribution in [3.05, 3.63) is 143 Å². The first-order valence-corrected chi connectivity index (χ1v) is 15.9. The number of hydrogen-bond acceptors (Lipinski definition) is 10. The zero-order valence-electron chi connectivity index (χ0n) is 26.8. The summed E-state index contributed by atoms with van der Waals surface area (Å²) in [6, 6.07) is 25.5. The van der Waals surface area contributed by atoms with Gasteiger partial charge in [0.15, 0.2) is 0 Å². The molecule has 4 aromatic heterocycles. The molecule has 2 aliphatic rings. The second-order valence-corrected chi connectivity index (χ2v) is 12.1. The number of rotatable bonds is 6.